The average molecular weight is 258 g/mol. The van der Waals surface area contributed by atoms with Crippen LogP contribution in [-0.4, -0.2) is 17.1 Å². The van der Waals surface area contributed by atoms with Gasteiger partial charge in [0.15, 0.2) is 0 Å². The molecule has 0 radical (unpaired) electrons. The lowest BCUT2D eigenvalue weighted by atomic mass is 10.0. The van der Waals surface area contributed by atoms with E-state index in [1.54, 1.807) is 0 Å². The van der Waals surface area contributed by atoms with Gasteiger partial charge in [-0.05, 0) is 38.0 Å². The first kappa shape index (κ1) is 14.0. The van der Waals surface area contributed by atoms with Crippen LogP contribution < -0.4 is 5.73 Å². The highest BCUT2D eigenvalue weighted by atomic mass is 16.5. The summed E-state index contributed by atoms with van der Waals surface area (Å²) in [4.78, 5) is 4.53. The average Bonchev–Trinajstić information content (AvgIpc) is 2.38. The predicted octanol–water partition coefficient (Wildman–Crippen LogP) is 3.19. The number of hydrogen-bond acceptors (Lipinski definition) is 3. The summed E-state index contributed by atoms with van der Waals surface area (Å²) in [5, 5.41) is 1.16. The van der Waals surface area contributed by atoms with E-state index in [2.05, 4.69) is 24.0 Å². The number of pyridine rings is 1. The molecule has 1 aromatic carbocycles. The lowest BCUT2D eigenvalue weighted by molar-refractivity contribution is 0.0783. The largest absolute Gasteiger partial charge is 0.375 e. The van der Waals surface area contributed by atoms with Crippen molar-refractivity contribution in [2.45, 2.75) is 39.3 Å². The van der Waals surface area contributed by atoms with Crippen LogP contribution in [0.2, 0.25) is 0 Å². The molecule has 19 heavy (non-hydrogen) atoms. The second-order valence-corrected chi connectivity index (χ2v) is 5.44. The first-order valence-electron chi connectivity index (χ1n) is 6.74. The molecule has 3 nitrogen and oxygen atoms in total. The van der Waals surface area contributed by atoms with E-state index in [-0.39, 0.29) is 5.54 Å². The molecule has 2 aromatic rings. The smallest absolute Gasteiger partial charge is 0.0725 e. The summed E-state index contributed by atoms with van der Waals surface area (Å²) < 4.78 is 5.79. The van der Waals surface area contributed by atoms with Crippen molar-refractivity contribution in [3.05, 3.63) is 41.6 Å². The number of aryl methyl sites for hydroxylation is 1. The van der Waals surface area contributed by atoms with Gasteiger partial charge in [-0.15, -0.1) is 0 Å². The Morgan fingerprint density at radius 3 is 2.79 bits per heavy atom. The fraction of sp³-hybridized carbons (Fsp3) is 0.438. The minimum Gasteiger partial charge on any atom is -0.375 e. The SMILES string of the molecule is CCC(C)(N)COCc1cc(C)nc2ccccc12. The molecule has 0 aliphatic carbocycles. The van der Waals surface area contributed by atoms with E-state index in [1.165, 1.54) is 5.56 Å². The van der Waals surface area contributed by atoms with Gasteiger partial charge in [0.05, 0.1) is 18.7 Å². The Balaban J connectivity index is 2.16. The van der Waals surface area contributed by atoms with Crippen LogP contribution in [0.5, 0.6) is 0 Å². The van der Waals surface area contributed by atoms with E-state index < -0.39 is 0 Å². The number of para-hydroxylation sites is 1. The Bertz CT molecular complexity index is 564. The van der Waals surface area contributed by atoms with Gasteiger partial charge in [-0.1, -0.05) is 25.1 Å². The molecule has 1 aromatic heterocycles. The normalized spacial score (nSPS) is 14.5. The maximum atomic E-state index is 6.09. The van der Waals surface area contributed by atoms with Crippen LogP contribution in [0.25, 0.3) is 10.9 Å². The van der Waals surface area contributed by atoms with Crippen LogP contribution in [0.3, 0.4) is 0 Å². The molecule has 1 atom stereocenters. The van der Waals surface area contributed by atoms with Gasteiger partial charge in [-0.2, -0.15) is 0 Å². The number of fused-ring (bicyclic) bond motifs is 1. The van der Waals surface area contributed by atoms with Crippen LogP contribution in [0.4, 0.5) is 0 Å². The zero-order valence-corrected chi connectivity index (χ0v) is 11.9. The third-order valence-corrected chi connectivity index (χ3v) is 3.43. The molecule has 0 aliphatic rings. The predicted molar refractivity (Wildman–Crippen MR) is 79.0 cm³/mol. The quantitative estimate of drug-likeness (QED) is 0.896. The van der Waals surface area contributed by atoms with Crippen molar-refractivity contribution in [1.29, 1.82) is 0 Å². The van der Waals surface area contributed by atoms with E-state index in [9.17, 15) is 0 Å². The van der Waals surface area contributed by atoms with Gasteiger partial charge in [0.25, 0.3) is 0 Å². The maximum Gasteiger partial charge on any atom is 0.0725 e. The molecule has 0 amide bonds. The van der Waals surface area contributed by atoms with Crippen LogP contribution in [0.15, 0.2) is 30.3 Å². The summed E-state index contributed by atoms with van der Waals surface area (Å²) in [6.07, 6.45) is 0.906. The van der Waals surface area contributed by atoms with Crippen molar-refractivity contribution in [1.82, 2.24) is 4.98 Å². The molecule has 1 heterocycles. The number of aromatic nitrogens is 1. The van der Waals surface area contributed by atoms with Crippen molar-refractivity contribution >= 4 is 10.9 Å². The second-order valence-electron chi connectivity index (χ2n) is 5.44. The Morgan fingerprint density at radius 2 is 2.05 bits per heavy atom. The highest BCUT2D eigenvalue weighted by Gasteiger charge is 2.15. The second kappa shape index (κ2) is 5.68. The lowest BCUT2D eigenvalue weighted by Gasteiger charge is -2.22. The summed E-state index contributed by atoms with van der Waals surface area (Å²) >= 11 is 0. The molecular weight excluding hydrogens is 236 g/mol. The molecule has 0 saturated heterocycles. The van der Waals surface area contributed by atoms with Crippen molar-refractivity contribution in [3.8, 4) is 0 Å². The highest BCUT2D eigenvalue weighted by molar-refractivity contribution is 5.82. The van der Waals surface area contributed by atoms with E-state index in [0.717, 1.165) is 23.0 Å². The van der Waals surface area contributed by atoms with Crippen molar-refractivity contribution in [3.63, 3.8) is 0 Å². The number of ether oxygens (including phenoxy) is 1. The van der Waals surface area contributed by atoms with Gasteiger partial charge in [-0.25, -0.2) is 0 Å². The number of benzene rings is 1. The molecule has 0 spiro atoms. The molecule has 2 N–H and O–H groups in total. The summed E-state index contributed by atoms with van der Waals surface area (Å²) in [5.41, 5.74) is 9.05. The Hall–Kier alpha value is -1.45. The van der Waals surface area contributed by atoms with Crippen LogP contribution in [0.1, 0.15) is 31.5 Å². The molecule has 0 bridgehead atoms. The van der Waals surface area contributed by atoms with Gasteiger partial charge in [-0.3, -0.25) is 4.98 Å². The molecule has 3 heteroatoms. The minimum atomic E-state index is -0.252. The van der Waals surface area contributed by atoms with Crippen LogP contribution >= 0.6 is 0 Å². The highest BCUT2D eigenvalue weighted by Crippen LogP contribution is 2.19. The first-order chi connectivity index (χ1) is 9.02. The van der Waals surface area contributed by atoms with Gasteiger partial charge in [0.2, 0.25) is 0 Å². The topological polar surface area (TPSA) is 48.1 Å². The Kier molecular flexibility index (Phi) is 4.17. The van der Waals surface area contributed by atoms with Gasteiger partial charge in [0, 0.05) is 16.6 Å². The fourth-order valence-electron chi connectivity index (χ4n) is 2.01. The zero-order chi connectivity index (χ0) is 13.9. The molecule has 1 unspecified atom stereocenters. The monoisotopic (exact) mass is 258 g/mol. The third kappa shape index (κ3) is 3.52. The zero-order valence-electron chi connectivity index (χ0n) is 11.9. The van der Waals surface area contributed by atoms with Gasteiger partial charge < -0.3 is 10.5 Å². The summed E-state index contributed by atoms with van der Waals surface area (Å²) in [6.45, 7) is 7.25. The molecule has 0 fully saturated rings. The Labute approximate surface area is 114 Å². The summed E-state index contributed by atoms with van der Waals surface area (Å²) in [6, 6.07) is 10.2. The third-order valence-electron chi connectivity index (χ3n) is 3.43. The van der Waals surface area contributed by atoms with Crippen molar-refractivity contribution < 1.29 is 4.74 Å². The molecule has 0 saturated carbocycles. The number of rotatable bonds is 5. The minimum absolute atomic E-state index is 0.252. The standard InChI is InChI=1S/C16H22N2O/c1-4-16(3,17)11-19-10-13-9-12(2)18-15-8-6-5-7-14(13)15/h5-9H,4,10-11,17H2,1-3H3. The molecule has 0 aliphatic heterocycles. The summed E-state index contributed by atoms with van der Waals surface area (Å²) in [5.74, 6) is 0. The van der Waals surface area contributed by atoms with E-state index in [1.807, 2.05) is 32.0 Å². The van der Waals surface area contributed by atoms with Gasteiger partial charge in [0.1, 0.15) is 0 Å². The molecular formula is C16H22N2O. The van der Waals surface area contributed by atoms with E-state index in [0.29, 0.717) is 13.2 Å². The van der Waals surface area contributed by atoms with Crippen molar-refractivity contribution in [2.24, 2.45) is 5.73 Å². The molecule has 102 valence electrons. The number of hydrogen-bond donors (Lipinski definition) is 1. The maximum absolute atomic E-state index is 6.09. The Morgan fingerprint density at radius 1 is 1.32 bits per heavy atom. The van der Waals surface area contributed by atoms with Gasteiger partial charge >= 0.3 is 0 Å². The van der Waals surface area contributed by atoms with Crippen LogP contribution in [-0.2, 0) is 11.3 Å². The lowest BCUT2D eigenvalue weighted by Crippen LogP contribution is -2.40. The summed E-state index contributed by atoms with van der Waals surface area (Å²) in [7, 11) is 0. The number of nitrogens with zero attached hydrogens (tertiary/aromatic N) is 1. The van der Waals surface area contributed by atoms with E-state index >= 15 is 0 Å². The van der Waals surface area contributed by atoms with Crippen LogP contribution in [0, 0.1) is 6.92 Å². The first-order valence-corrected chi connectivity index (χ1v) is 6.74. The van der Waals surface area contributed by atoms with E-state index in [4.69, 9.17) is 10.5 Å². The molecule has 2 rings (SSSR count). The fourth-order valence-corrected chi connectivity index (χ4v) is 2.01. The number of nitrogens with two attached hydrogens (primary N) is 1. The van der Waals surface area contributed by atoms with Crippen molar-refractivity contribution in [2.75, 3.05) is 6.61 Å².